The maximum Gasteiger partial charge on any atom is 0.251 e. The molecule has 0 aliphatic carbocycles. The molecule has 12 heteroatoms. The van der Waals surface area contributed by atoms with Crippen molar-refractivity contribution in [1.29, 1.82) is 0 Å². The molecule has 1 aliphatic rings. The number of thiazole rings is 1. The minimum Gasteiger partial charge on any atom is -0.351 e. The number of benzene rings is 3. The van der Waals surface area contributed by atoms with Crippen molar-refractivity contribution in [2.45, 2.75) is 6.42 Å². The van der Waals surface area contributed by atoms with Crippen LogP contribution >= 0.6 is 11.3 Å². The summed E-state index contributed by atoms with van der Waals surface area (Å²) < 4.78 is 2.01. The summed E-state index contributed by atoms with van der Waals surface area (Å²) >= 11 is 1.53. The number of aromatic nitrogens is 4. The number of amides is 2. The van der Waals surface area contributed by atoms with Gasteiger partial charge >= 0.3 is 0 Å². The maximum atomic E-state index is 13.0. The summed E-state index contributed by atoms with van der Waals surface area (Å²) in [6.45, 7) is 5.56. The van der Waals surface area contributed by atoms with Crippen LogP contribution in [0.4, 0.5) is 17.3 Å². The van der Waals surface area contributed by atoms with Gasteiger partial charge in [-0.05, 0) is 49.0 Å². The quantitative estimate of drug-likeness (QED) is 0.167. The number of piperazine rings is 1. The molecule has 4 heterocycles. The smallest absolute Gasteiger partial charge is 0.251 e. The minimum atomic E-state index is -0.116. The predicted molar refractivity (Wildman–Crippen MR) is 194 cm³/mol. The number of carbonyl (C=O) groups excluding carboxylic acids is 2. The third kappa shape index (κ3) is 7.83. The van der Waals surface area contributed by atoms with Crippen LogP contribution in [-0.2, 0) is 11.2 Å². The lowest BCUT2D eigenvalue weighted by molar-refractivity contribution is -0.115. The van der Waals surface area contributed by atoms with Crippen LogP contribution in [0.25, 0.3) is 27.6 Å². The van der Waals surface area contributed by atoms with Gasteiger partial charge in [0.1, 0.15) is 5.69 Å². The number of fused-ring (bicyclic) bond motifs is 1. The van der Waals surface area contributed by atoms with E-state index in [0.29, 0.717) is 35.1 Å². The molecular weight excluding hydrogens is 635 g/mol. The molecule has 0 radical (unpaired) electrons. The first-order valence-corrected chi connectivity index (χ1v) is 17.2. The molecule has 248 valence electrons. The van der Waals surface area contributed by atoms with Gasteiger partial charge < -0.3 is 20.9 Å². The van der Waals surface area contributed by atoms with Crippen LogP contribution in [0.1, 0.15) is 15.9 Å². The Morgan fingerprint density at radius 3 is 2.55 bits per heavy atom. The molecule has 7 rings (SSSR count). The summed E-state index contributed by atoms with van der Waals surface area (Å²) in [5, 5.41) is 11.3. The number of imidazole rings is 1. The van der Waals surface area contributed by atoms with Crippen LogP contribution in [0.2, 0.25) is 0 Å². The number of anilines is 3. The molecular formula is C37H37N9O2S. The number of nitrogens with zero attached hydrogens (tertiary/aromatic N) is 6. The molecule has 0 spiro atoms. The molecule has 0 unspecified atom stereocenters. The SMILES string of the molecule is CN1CCN(CCNC(=O)c2cccc(Nc3nccc(-c4c(-c5cccc(NC(=O)Cc6ccccc6)c5)nc5sccn45)n3)c2)CC1. The zero-order valence-corrected chi connectivity index (χ0v) is 28.0. The fourth-order valence-electron chi connectivity index (χ4n) is 5.88. The first-order chi connectivity index (χ1) is 24.0. The van der Waals surface area contributed by atoms with Gasteiger partial charge in [-0.25, -0.2) is 15.0 Å². The first-order valence-electron chi connectivity index (χ1n) is 16.3. The molecule has 3 aromatic carbocycles. The van der Waals surface area contributed by atoms with E-state index in [0.717, 1.165) is 60.2 Å². The third-order valence-electron chi connectivity index (χ3n) is 8.48. The van der Waals surface area contributed by atoms with E-state index in [-0.39, 0.29) is 18.2 Å². The first kappa shape index (κ1) is 32.1. The molecule has 0 saturated carbocycles. The molecule has 1 saturated heterocycles. The minimum absolute atomic E-state index is 0.0897. The summed E-state index contributed by atoms with van der Waals surface area (Å²) in [5.41, 5.74) is 5.98. The van der Waals surface area contributed by atoms with Crippen molar-refractivity contribution in [1.82, 2.24) is 34.5 Å². The van der Waals surface area contributed by atoms with Crippen LogP contribution in [0.3, 0.4) is 0 Å². The summed E-state index contributed by atoms with van der Waals surface area (Å²) in [6, 6.07) is 26.6. The Balaban J connectivity index is 1.07. The van der Waals surface area contributed by atoms with E-state index in [9.17, 15) is 9.59 Å². The Kier molecular flexibility index (Phi) is 9.69. The second kappa shape index (κ2) is 14.8. The Morgan fingerprint density at radius 1 is 0.878 bits per heavy atom. The average Bonchev–Trinajstić information content (AvgIpc) is 3.72. The lowest BCUT2D eigenvalue weighted by Gasteiger charge is -2.32. The highest BCUT2D eigenvalue weighted by Gasteiger charge is 2.20. The highest BCUT2D eigenvalue weighted by atomic mass is 32.1. The van der Waals surface area contributed by atoms with Crippen molar-refractivity contribution in [2.75, 3.05) is 56.9 Å². The lowest BCUT2D eigenvalue weighted by atomic mass is 10.1. The van der Waals surface area contributed by atoms with Gasteiger partial charge in [0, 0.05) is 79.5 Å². The average molecular weight is 672 g/mol. The Morgan fingerprint density at radius 2 is 1.69 bits per heavy atom. The zero-order valence-electron chi connectivity index (χ0n) is 27.2. The van der Waals surface area contributed by atoms with E-state index in [1.54, 1.807) is 18.3 Å². The number of rotatable bonds is 11. The van der Waals surface area contributed by atoms with Gasteiger partial charge in [0.05, 0.1) is 17.8 Å². The van der Waals surface area contributed by atoms with Crippen LogP contribution < -0.4 is 16.0 Å². The summed E-state index contributed by atoms with van der Waals surface area (Å²) in [6.07, 6.45) is 3.96. The normalized spacial score (nSPS) is 13.7. The number of carbonyl (C=O) groups is 2. The zero-order chi connectivity index (χ0) is 33.6. The van der Waals surface area contributed by atoms with E-state index >= 15 is 0 Å². The highest BCUT2D eigenvalue weighted by Crippen LogP contribution is 2.35. The van der Waals surface area contributed by atoms with Crippen molar-refractivity contribution in [3.8, 4) is 22.6 Å². The standard InChI is InChI=1S/C37H37N9O2S/c1-44-17-19-45(20-18-44)16-15-38-35(48)28-10-6-12-30(25-28)41-36-39-14-13-31(42-36)34-33(43-37-46(34)21-22-49-37)27-9-5-11-29(24-27)40-32(47)23-26-7-3-2-4-8-26/h2-14,21-22,24-25H,15-20,23H2,1H3,(H,38,48)(H,40,47)(H,39,41,42). The molecule has 1 aliphatic heterocycles. The Labute approximate surface area is 288 Å². The van der Waals surface area contributed by atoms with Crippen molar-refractivity contribution >= 4 is 45.4 Å². The molecule has 11 nitrogen and oxygen atoms in total. The van der Waals surface area contributed by atoms with Crippen molar-refractivity contribution in [3.05, 3.63) is 114 Å². The largest absolute Gasteiger partial charge is 0.351 e. The van der Waals surface area contributed by atoms with E-state index in [1.165, 1.54) is 11.3 Å². The molecule has 6 aromatic rings. The molecule has 3 N–H and O–H groups in total. The third-order valence-corrected chi connectivity index (χ3v) is 9.23. The second-order valence-corrected chi connectivity index (χ2v) is 12.9. The molecule has 3 aromatic heterocycles. The maximum absolute atomic E-state index is 13.0. The van der Waals surface area contributed by atoms with Crippen LogP contribution in [0.5, 0.6) is 0 Å². The fraction of sp³-hybridized carbons (Fsp3) is 0.216. The van der Waals surface area contributed by atoms with E-state index < -0.39 is 0 Å². The monoisotopic (exact) mass is 671 g/mol. The second-order valence-electron chi connectivity index (χ2n) is 12.0. The lowest BCUT2D eigenvalue weighted by Crippen LogP contribution is -2.46. The Bertz CT molecular complexity index is 2070. The van der Waals surface area contributed by atoms with Crippen molar-refractivity contribution < 1.29 is 9.59 Å². The van der Waals surface area contributed by atoms with E-state index in [1.807, 2.05) is 88.8 Å². The molecule has 49 heavy (non-hydrogen) atoms. The summed E-state index contributed by atoms with van der Waals surface area (Å²) in [5.74, 6) is 0.186. The topological polar surface area (TPSA) is 120 Å². The van der Waals surface area contributed by atoms with E-state index in [2.05, 4.69) is 37.8 Å². The van der Waals surface area contributed by atoms with Crippen molar-refractivity contribution in [3.63, 3.8) is 0 Å². The van der Waals surface area contributed by atoms with Gasteiger partial charge in [0.2, 0.25) is 11.9 Å². The number of hydrogen-bond donors (Lipinski definition) is 3. The van der Waals surface area contributed by atoms with Crippen LogP contribution in [0.15, 0.2) is 103 Å². The number of nitrogens with one attached hydrogen (secondary N) is 3. The fourth-order valence-corrected chi connectivity index (χ4v) is 6.60. The van der Waals surface area contributed by atoms with Crippen LogP contribution in [0, 0.1) is 0 Å². The van der Waals surface area contributed by atoms with Crippen molar-refractivity contribution in [2.24, 2.45) is 0 Å². The summed E-state index contributed by atoms with van der Waals surface area (Å²) in [7, 11) is 2.14. The van der Waals surface area contributed by atoms with E-state index in [4.69, 9.17) is 9.97 Å². The Hall–Kier alpha value is -5.43. The summed E-state index contributed by atoms with van der Waals surface area (Å²) in [4.78, 5) is 45.6. The molecule has 0 bridgehead atoms. The van der Waals surface area contributed by atoms with Gasteiger partial charge in [-0.3, -0.25) is 18.9 Å². The molecule has 2 amide bonds. The van der Waals surface area contributed by atoms with Gasteiger partial charge in [0.25, 0.3) is 5.91 Å². The van der Waals surface area contributed by atoms with Gasteiger partial charge in [-0.15, -0.1) is 11.3 Å². The van der Waals surface area contributed by atoms with Crippen LogP contribution in [-0.4, -0.2) is 87.3 Å². The number of hydrogen-bond acceptors (Lipinski definition) is 9. The highest BCUT2D eigenvalue weighted by molar-refractivity contribution is 7.15. The predicted octanol–water partition coefficient (Wildman–Crippen LogP) is 5.42. The number of likely N-dealkylation sites (N-methyl/N-ethyl adjacent to an activating group) is 1. The molecule has 0 atom stereocenters. The molecule has 1 fully saturated rings. The van der Waals surface area contributed by atoms with Gasteiger partial charge in [-0.2, -0.15) is 0 Å². The van der Waals surface area contributed by atoms with Gasteiger partial charge in [0.15, 0.2) is 4.96 Å². The van der Waals surface area contributed by atoms with Gasteiger partial charge in [-0.1, -0.05) is 48.5 Å².